The van der Waals surface area contributed by atoms with Gasteiger partial charge < -0.3 is 64.3 Å². The molecule has 0 radical (unpaired) electrons. The summed E-state index contributed by atoms with van der Waals surface area (Å²) < 4.78 is 141. The first-order valence-electron chi connectivity index (χ1n) is 36.4. The number of ketones is 3. The van der Waals surface area contributed by atoms with Gasteiger partial charge in [-0.2, -0.15) is 34.2 Å². The van der Waals surface area contributed by atoms with Gasteiger partial charge in [0.2, 0.25) is 0 Å². The van der Waals surface area contributed by atoms with Crippen LogP contribution in [0.5, 0.6) is 0 Å². The summed E-state index contributed by atoms with van der Waals surface area (Å²) in [6, 6.07) is 0. The maximum Gasteiger partial charge on any atom is 1.00 e. The quantitative estimate of drug-likeness (QED) is 0.0262. The second-order valence-corrected chi connectivity index (χ2v) is 36.0. The molecule has 0 spiro atoms. The number of allylic oxidation sites excluding steroid dienone is 6. The predicted molar refractivity (Wildman–Crippen MR) is 394 cm³/mol. The Morgan fingerprint density at radius 1 is 0.571 bits per heavy atom. The molecule has 7 rings (SSSR count). The van der Waals surface area contributed by atoms with E-state index < -0.39 is 88.7 Å². The zero-order valence-corrected chi connectivity index (χ0v) is 77.5. The van der Waals surface area contributed by atoms with Gasteiger partial charge in [-0.25, -0.2) is 0 Å². The van der Waals surface area contributed by atoms with Crippen molar-refractivity contribution in [2.45, 2.75) is 325 Å². The number of aliphatic carboxylic acids is 1. The molecule has 28 nitrogen and oxygen atoms in total. The minimum atomic E-state index is -5.94. The number of ether oxygens (including phenoxy) is 5. The van der Waals surface area contributed by atoms with Crippen molar-refractivity contribution < 1.29 is 242 Å². The van der Waals surface area contributed by atoms with Gasteiger partial charge in [0.25, 0.3) is 0 Å². The number of carbonyl (C=O) groups excluding carboxylic acids is 8. The number of rotatable bonds is 11. The standard InChI is InChI=1S/C17H29BO4.C12H17F3O5S.C11H19BO4.C11H18O3.C9H14O3.C7H10O3.C4H10O.CH4S.CH4.IO4.Li.2Na.H2O.H/c1-15(2,3)20-14(19)12-8-10-13(11-9-12)18-21-16(4,5)17(6,7)22-18;1-11(2,3)19-10(16)8-4-6-9(7-5-8)20-21(17,18)12(13,14)15;1-11(2,3)16-10(13)8-4-6-9(7-5-8)12(14)15;1-11(2,3)14-10(13)8-4-6-9(12)7-5-8;1-2-12-9(11)7-3-5-8(10)6-4-7;8-6-3-1-5(2-4-6)7(9)10;1-4(2,3)5;1-2;;2-1(3,4)5;;;;;/h10,12H,8-9,11H2,1-7H3;6,8H,4-5,7H2,1-3H3;6,8,14-15H,4-5,7H2,1-3H3;8H,4-7H2,1-3H3;7H,2-6H2,1H3;5H,1-4H2,(H,9,10);5H,1-3H3;2H,1H3;1H4;;;;;1H2;/q;;;;;;;;;-1;3*+1;;-1/p-1/i;;;;;;;1D;;;;;;;. The van der Waals surface area contributed by atoms with Crippen molar-refractivity contribution in [3.63, 3.8) is 0 Å². The molecule has 0 bridgehead atoms. The third-order valence-electron chi connectivity index (χ3n) is 16.2. The molecule has 636 valence electrons. The molecule has 4 fully saturated rings. The van der Waals surface area contributed by atoms with Crippen LogP contribution in [0.1, 0.15) is 284 Å². The van der Waals surface area contributed by atoms with Gasteiger partial charge in [0.1, 0.15) is 65.6 Å². The molecule has 0 aromatic heterocycles. The maximum atomic E-state index is 12.2. The van der Waals surface area contributed by atoms with Crippen molar-refractivity contribution in [3.8, 4) is 0 Å². The van der Waals surface area contributed by atoms with Crippen molar-refractivity contribution in [3.05, 3.63) is 34.9 Å². The average molecular weight is 1780 g/mol. The maximum absolute atomic E-state index is 12.2. The third-order valence-corrected chi connectivity index (χ3v) is 17.2. The Morgan fingerprint density at radius 3 is 1.08 bits per heavy atom. The zero-order valence-electron chi connectivity index (χ0n) is 71.6. The van der Waals surface area contributed by atoms with Crippen LogP contribution in [0.2, 0.25) is 0 Å². The number of carbonyl (C=O) groups is 9. The van der Waals surface area contributed by atoms with Crippen LogP contribution in [-0.4, -0.2) is 159 Å². The molecule has 0 amide bonds. The minimum Gasteiger partial charge on any atom is -1.00 e. The first kappa shape index (κ1) is 121. The van der Waals surface area contributed by atoms with Crippen molar-refractivity contribution in [1.29, 1.82) is 0 Å². The normalized spacial score (nSPS) is 19.9. The Kier molecular flexibility index (Phi) is 60.2. The van der Waals surface area contributed by atoms with Crippen LogP contribution in [0.3, 0.4) is 0 Å². The first-order valence-corrected chi connectivity index (χ1v) is 41.2. The first-order chi connectivity index (χ1) is 48.8. The van der Waals surface area contributed by atoms with Gasteiger partial charge in [-0.3, -0.25) is 56.9 Å². The fraction of sp³-hybridized carbons (Fsp3) is 0.795. The molecule has 5 N–H and O–H groups in total. The fourth-order valence-electron chi connectivity index (χ4n) is 10.2. The molecule has 3 atom stereocenters. The van der Waals surface area contributed by atoms with Gasteiger partial charge in [-0.15, -0.1) is 0 Å². The molecule has 39 heteroatoms. The predicted octanol–water partition coefficient (Wildman–Crippen LogP) is -2.99. The van der Waals surface area contributed by atoms with Crippen molar-refractivity contribution in [1.82, 2.24) is 0 Å². The summed E-state index contributed by atoms with van der Waals surface area (Å²) in [4.78, 5) is 101. The second kappa shape index (κ2) is 55.8. The number of carboxylic acid groups (broad SMARTS) is 1. The number of carboxylic acids is 1. The van der Waals surface area contributed by atoms with Gasteiger partial charge in [0.05, 0.1) is 58.9 Å². The number of halogens is 4. The summed E-state index contributed by atoms with van der Waals surface area (Å²) in [5.41, 5.74) is -6.81. The Balaban J connectivity index is -0.000000192. The van der Waals surface area contributed by atoms with E-state index in [1.807, 2.05) is 62.3 Å². The van der Waals surface area contributed by atoms with E-state index in [4.69, 9.17) is 68.4 Å². The van der Waals surface area contributed by atoms with E-state index in [0.717, 1.165) is 18.3 Å². The second-order valence-electron chi connectivity index (χ2n) is 32.3. The average Bonchev–Trinajstić information content (AvgIpc) is 1.62. The van der Waals surface area contributed by atoms with Crippen molar-refractivity contribution in [2.75, 3.05) is 12.8 Å². The molecule has 112 heavy (non-hydrogen) atoms. The summed E-state index contributed by atoms with van der Waals surface area (Å²) in [6.45, 7) is 37.6. The molecule has 6 aliphatic carbocycles. The van der Waals surface area contributed by atoms with E-state index in [1.54, 1.807) is 54.5 Å². The van der Waals surface area contributed by atoms with Crippen molar-refractivity contribution in [2.24, 2.45) is 35.5 Å². The summed E-state index contributed by atoms with van der Waals surface area (Å²) in [6.07, 6.45) is 16.2. The van der Waals surface area contributed by atoms with Crippen LogP contribution in [0.4, 0.5) is 13.2 Å². The fourth-order valence-corrected chi connectivity index (χ4v) is 10.7. The summed E-state index contributed by atoms with van der Waals surface area (Å²) in [5, 5.41) is 35.0. The molecular formula is C73H127B2F3ILiNa2O28S2. The molecule has 1 saturated heterocycles. The van der Waals surface area contributed by atoms with E-state index in [-0.39, 0.29) is 213 Å². The number of esters is 5. The van der Waals surface area contributed by atoms with Gasteiger partial charge in [0.15, 0.2) is 0 Å². The number of hydrogen-bond donors (Lipinski definition) is 5. The van der Waals surface area contributed by atoms with Gasteiger partial charge >= 0.3 is 144 Å². The number of thiol groups is 1. The number of Topliss-reactive ketones (excluding diaryl/α,β-unsaturated/α-hetero) is 3. The summed E-state index contributed by atoms with van der Waals surface area (Å²) in [7, 11) is -7.33. The number of alkyl halides is 3. The topological polar surface area (TPSA) is 465 Å². The zero-order chi connectivity index (χ0) is 84.6. The van der Waals surface area contributed by atoms with Crippen LogP contribution in [0, 0.1) is 35.5 Å². The molecular weight excluding hydrogens is 1650 g/mol. The van der Waals surface area contributed by atoms with E-state index in [0.29, 0.717) is 115 Å². The van der Waals surface area contributed by atoms with Crippen LogP contribution >= 0.6 is 12.6 Å². The molecule has 7 aliphatic rings. The van der Waals surface area contributed by atoms with Gasteiger partial charge in [-0.1, -0.05) is 19.6 Å². The van der Waals surface area contributed by atoms with E-state index in [2.05, 4.69) is 50.6 Å². The van der Waals surface area contributed by atoms with Crippen molar-refractivity contribution >= 4 is 90.1 Å². The van der Waals surface area contributed by atoms with Crippen LogP contribution in [0.15, 0.2) is 34.9 Å². The monoisotopic (exact) mass is 1780 g/mol. The SMILES string of the molecule is C.CC(C)(C)O.CC(C)(C)OC(=O)C1CC=C(B(O)O)CC1.CC(C)(C)OC(=O)C1CC=C(B2OC(C)(C)C(C)(C)O2)CC1.CC(C)(C)OC(=O)C1CC=C(OS(=O)(=O)C(F)(F)F)CC1.CC(C)(C)OC(=O)C1CCC(=O)CC1.CCOC(=O)C1CCC(=O)CC1.O=C1CCC(C(=O)O)CC1.[2H]CS.[H-].[Li+].[Na+].[Na+].[O-][I+3]([O-])([O-])[O-].[OH-]. The minimum absolute atomic E-state index is 0. The van der Waals surface area contributed by atoms with Crippen LogP contribution in [-0.2, 0) is 90.4 Å². The smallest absolute Gasteiger partial charge is 1.00 e. The number of aliphatic hydroxyl groups is 1. The molecule has 1 heterocycles. The summed E-state index contributed by atoms with van der Waals surface area (Å²) >= 11 is -2.48. The van der Waals surface area contributed by atoms with E-state index >= 15 is 0 Å². The molecule has 0 aromatic rings. The molecule has 3 unspecified atom stereocenters. The van der Waals surface area contributed by atoms with Gasteiger partial charge in [-0.05, 0) is 252 Å². The molecule has 1 aliphatic heterocycles. The third kappa shape index (κ3) is 58.0. The Morgan fingerprint density at radius 2 is 0.839 bits per heavy atom. The van der Waals surface area contributed by atoms with Crippen LogP contribution < -0.4 is 112 Å². The Labute approximate surface area is 734 Å². The Hall–Kier alpha value is -2.00. The van der Waals surface area contributed by atoms with Gasteiger partial charge in [0, 0.05) is 46.3 Å². The van der Waals surface area contributed by atoms with Crippen LogP contribution in [0.25, 0.3) is 0 Å². The molecule has 3 saturated carbocycles. The largest absolute Gasteiger partial charge is 1.00 e. The number of hydrogen-bond acceptors (Lipinski definition) is 28. The summed E-state index contributed by atoms with van der Waals surface area (Å²) in [5.74, 6) is -2.42. The molecule has 0 aromatic carbocycles. The van der Waals surface area contributed by atoms with E-state index in [9.17, 15) is 64.7 Å². The Bertz CT molecular complexity index is 3050. The van der Waals surface area contributed by atoms with E-state index in [1.165, 1.54) is 6.08 Å².